The lowest BCUT2D eigenvalue weighted by Gasteiger charge is -2.29. The Kier molecular flexibility index (Phi) is 4.91. The molecule has 1 saturated heterocycles. The molecule has 1 fully saturated rings. The molecule has 0 aromatic rings. The van der Waals surface area contributed by atoms with E-state index in [4.69, 9.17) is 9.47 Å². The number of hydrogen-bond donors (Lipinski definition) is 0. The molecule has 3 aliphatic heterocycles. The minimum absolute atomic E-state index is 0.116. The Morgan fingerprint density at radius 3 is 2.68 bits per heavy atom. The van der Waals surface area contributed by atoms with E-state index in [1.807, 2.05) is 0 Å². The Hall–Kier alpha value is -2.20. The molecule has 10 heteroatoms. The summed E-state index contributed by atoms with van der Waals surface area (Å²) in [5.74, 6) is -0.754. The maximum atomic E-state index is 12.3. The van der Waals surface area contributed by atoms with E-state index in [1.54, 1.807) is 9.80 Å². The van der Waals surface area contributed by atoms with Crippen LogP contribution in [0.25, 0.3) is 0 Å². The molecule has 0 N–H and O–H groups in total. The molecule has 3 heterocycles. The molecule has 3 rings (SSSR count). The third kappa shape index (κ3) is 4.07. The average Bonchev–Trinajstić information content (AvgIpc) is 2.60. The summed E-state index contributed by atoms with van der Waals surface area (Å²) >= 11 is 0. The lowest BCUT2D eigenvalue weighted by Crippen LogP contribution is -2.46. The van der Waals surface area contributed by atoms with Crippen molar-refractivity contribution in [3.05, 3.63) is 23.9 Å². The molecule has 0 radical (unpaired) electrons. The molecular formula is C15H19N3O6S. The standard InChI is InChI=1S/C15H19N3O6S/c1-11(14(19)17-4-7-23-8-5-17)24-15(20)12-2-3-13-16-25(21,22)9-6-18(13)10-12/h2-3,10-11H,4-9H2,1H3. The summed E-state index contributed by atoms with van der Waals surface area (Å²) in [6, 6.07) is 0. The average molecular weight is 369 g/mol. The highest BCUT2D eigenvalue weighted by Crippen LogP contribution is 2.17. The quantitative estimate of drug-likeness (QED) is 0.604. The van der Waals surface area contributed by atoms with E-state index >= 15 is 0 Å². The molecule has 0 bridgehead atoms. The maximum absolute atomic E-state index is 12.3. The summed E-state index contributed by atoms with van der Waals surface area (Å²) in [4.78, 5) is 27.7. The Balaban J connectivity index is 1.63. The number of esters is 1. The first kappa shape index (κ1) is 17.6. The first-order valence-electron chi connectivity index (χ1n) is 7.92. The van der Waals surface area contributed by atoms with Gasteiger partial charge in [-0.2, -0.15) is 0 Å². The molecular weight excluding hydrogens is 350 g/mol. The topological polar surface area (TPSA) is 106 Å². The SMILES string of the molecule is CC(OC(=O)C1=CN2CCS(=O)(=O)N=C2C=C1)C(=O)N1CCOCC1. The van der Waals surface area contributed by atoms with Crippen molar-refractivity contribution in [2.75, 3.05) is 38.6 Å². The van der Waals surface area contributed by atoms with Gasteiger partial charge in [0.2, 0.25) is 0 Å². The molecule has 0 spiro atoms. The molecule has 0 aromatic carbocycles. The van der Waals surface area contributed by atoms with Gasteiger partial charge in [-0.05, 0) is 19.1 Å². The second-order valence-corrected chi connectivity index (χ2v) is 7.59. The number of rotatable bonds is 3. The van der Waals surface area contributed by atoms with Crippen LogP contribution in [0.3, 0.4) is 0 Å². The second-order valence-electron chi connectivity index (χ2n) is 5.83. The molecule has 9 nitrogen and oxygen atoms in total. The van der Waals surface area contributed by atoms with E-state index in [1.165, 1.54) is 25.3 Å². The molecule has 1 amide bonds. The van der Waals surface area contributed by atoms with Gasteiger partial charge in [0.25, 0.3) is 15.9 Å². The summed E-state index contributed by atoms with van der Waals surface area (Å²) < 4.78 is 37.0. The van der Waals surface area contributed by atoms with Crippen LogP contribution in [0, 0.1) is 0 Å². The van der Waals surface area contributed by atoms with E-state index < -0.39 is 22.1 Å². The monoisotopic (exact) mass is 369 g/mol. The van der Waals surface area contributed by atoms with Crippen LogP contribution in [0.2, 0.25) is 0 Å². The second kappa shape index (κ2) is 6.96. The van der Waals surface area contributed by atoms with Crippen LogP contribution in [-0.2, 0) is 29.1 Å². The number of ether oxygens (including phenoxy) is 2. The maximum Gasteiger partial charge on any atom is 0.340 e. The number of morpholine rings is 1. The van der Waals surface area contributed by atoms with E-state index in [0.29, 0.717) is 26.3 Å². The van der Waals surface area contributed by atoms with Gasteiger partial charge in [0, 0.05) is 25.8 Å². The number of amidine groups is 1. The molecule has 0 saturated carbocycles. The molecule has 136 valence electrons. The van der Waals surface area contributed by atoms with Gasteiger partial charge in [-0.1, -0.05) is 0 Å². The molecule has 1 atom stereocenters. The Labute approximate surface area is 145 Å². The number of nitrogens with zero attached hydrogens (tertiary/aromatic N) is 3. The fraction of sp³-hybridized carbons (Fsp3) is 0.533. The van der Waals surface area contributed by atoms with E-state index in [9.17, 15) is 18.0 Å². The van der Waals surface area contributed by atoms with Crippen LogP contribution in [0.5, 0.6) is 0 Å². The van der Waals surface area contributed by atoms with Crippen molar-refractivity contribution in [2.24, 2.45) is 4.40 Å². The van der Waals surface area contributed by atoms with Crippen molar-refractivity contribution in [2.45, 2.75) is 13.0 Å². The van der Waals surface area contributed by atoms with Gasteiger partial charge < -0.3 is 19.3 Å². The van der Waals surface area contributed by atoms with Crippen LogP contribution in [0.15, 0.2) is 28.3 Å². The van der Waals surface area contributed by atoms with Crippen molar-refractivity contribution in [1.82, 2.24) is 9.80 Å². The van der Waals surface area contributed by atoms with Gasteiger partial charge in [-0.3, -0.25) is 4.79 Å². The van der Waals surface area contributed by atoms with Crippen LogP contribution in [0.1, 0.15) is 6.92 Å². The highest BCUT2D eigenvalue weighted by Gasteiger charge is 2.28. The smallest absolute Gasteiger partial charge is 0.340 e. The van der Waals surface area contributed by atoms with Crippen LogP contribution >= 0.6 is 0 Å². The molecule has 3 aliphatic rings. The normalized spacial score (nSPS) is 23.2. The van der Waals surface area contributed by atoms with E-state index in [0.717, 1.165) is 0 Å². The van der Waals surface area contributed by atoms with Gasteiger partial charge in [0.1, 0.15) is 5.84 Å². The van der Waals surface area contributed by atoms with Gasteiger partial charge in [-0.15, -0.1) is 4.40 Å². The fourth-order valence-electron chi connectivity index (χ4n) is 2.64. The molecule has 0 aliphatic carbocycles. The van der Waals surface area contributed by atoms with Gasteiger partial charge in [0.15, 0.2) is 6.10 Å². The lowest BCUT2D eigenvalue weighted by molar-refractivity contribution is -0.157. The lowest BCUT2D eigenvalue weighted by atomic mass is 10.2. The first-order chi connectivity index (χ1) is 11.9. The highest BCUT2D eigenvalue weighted by atomic mass is 32.2. The Morgan fingerprint density at radius 2 is 1.96 bits per heavy atom. The van der Waals surface area contributed by atoms with Gasteiger partial charge in [0.05, 0.1) is 24.5 Å². The van der Waals surface area contributed by atoms with Crippen LogP contribution < -0.4 is 0 Å². The number of amides is 1. The van der Waals surface area contributed by atoms with E-state index in [-0.39, 0.29) is 29.6 Å². The number of hydrogen-bond acceptors (Lipinski definition) is 7. The fourth-order valence-corrected chi connectivity index (χ4v) is 3.61. The third-order valence-electron chi connectivity index (χ3n) is 4.01. The summed E-state index contributed by atoms with van der Waals surface area (Å²) in [5, 5.41) is 0. The number of carbonyl (C=O) groups is 2. The summed E-state index contributed by atoms with van der Waals surface area (Å²) in [5.41, 5.74) is 0.236. The molecule has 0 aromatic heterocycles. The minimum Gasteiger partial charge on any atom is -0.449 e. The molecule has 25 heavy (non-hydrogen) atoms. The van der Waals surface area contributed by atoms with E-state index in [2.05, 4.69) is 4.40 Å². The number of fused-ring (bicyclic) bond motifs is 1. The van der Waals surface area contributed by atoms with Crippen LogP contribution in [-0.4, -0.2) is 80.6 Å². The summed E-state index contributed by atoms with van der Waals surface area (Å²) in [6.07, 6.45) is 3.46. The zero-order valence-electron chi connectivity index (χ0n) is 13.8. The predicted molar refractivity (Wildman–Crippen MR) is 88.1 cm³/mol. The largest absolute Gasteiger partial charge is 0.449 e. The van der Waals surface area contributed by atoms with Crippen molar-refractivity contribution < 1.29 is 27.5 Å². The number of sulfonamides is 1. The third-order valence-corrected chi connectivity index (χ3v) is 5.18. The van der Waals surface area contributed by atoms with Crippen LogP contribution in [0.4, 0.5) is 0 Å². The van der Waals surface area contributed by atoms with Crippen molar-refractivity contribution >= 4 is 27.7 Å². The molecule has 1 unspecified atom stereocenters. The minimum atomic E-state index is -3.44. The number of carbonyl (C=O) groups excluding carboxylic acids is 2. The highest BCUT2D eigenvalue weighted by molar-refractivity contribution is 7.90. The summed E-state index contributed by atoms with van der Waals surface area (Å²) in [6.45, 7) is 3.64. The van der Waals surface area contributed by atoms with Crippen molar-refractivity contribution in [1.29, 1.82) is 0 Å². The zero-order chi connectivity index (χ0) is 18.0. The van der Waals surface area contributed by atoms with Crippen molar-refractivity contribution in [3.8, 4) is 0 Å². The van der Waals surface area contributed by atoms with Gasteiger partial charge in [-0.25, -0.2) is 13.2 Å². The summed E-state index contributed by atoms with van der Waals surface area (Å²) in [7, 11) is -3.44. The predicted octanol–water partition coefficient (Wildman–Crippen LogP) is -0.725. The van der Waals surface area contributed by atoms with Gasteiger partial charge >= 0.3 is 5.97 Å². The Bertz CT molecular complexity index is 764. The first-order valence-corrected chi connectivity index (χ1v) is 9.53. The Morgan fingerprint density at radius 1 is 1.24 bits per heavy atom. The zero-order valence-corrected chi connectivity index (χ0v) is 14.6. The van der Waals surface area contributed by atoms with Crippen molar-refractivity contribution in [3.63, 3.8) is 0 Å².